The Morgan fingerprint density at radius 2 is 1.95 bits per heavy atom. The normalized spacial score (nSPS) is 10.8. The van der Waals surface area contributed by atoms with Crippen LogP contribution in [0.25, 0.3) is 5.65 Å². The molecule has 0 spiro atoms. The van der Waals surface area contributed by atoms with Crippen LogP contribution in [0.1, 0.15) is 23.1 Å². The summed E-state index contributed by atoms with van der Waals surface area (Å²) in [4.78, 5) is 20.5. The maximum Gasteiger partial charge on any atom is 0.490 e. The number of ether oxygens (including phenoxy) is 1. The van der Waals surface area contributed by atoms with E-state index in [1.165, 1.54) is 0 Å². The second kappa shape index (κ2) is 6.87. The highest BCUT2D eigenvalue weighted by molar-refractivity contribution is 5.95. The zero-order valence-electron chi connectivity index (χ0n) is 11.6. The summed E-state index contributed by atoms with van der Waals surface area (Å²) in [6, 6.07) is 3.46. The van der Waals surface area contributed by atoms with Gasteiger partial charge in [-0.2, -0.15) is 13.2 Å². The van der Waals surface area contributed by atoms with Crippen LogP contribution in [0.5, 0.6) is 0 Å². The van der Waals surface area contributed by atoms with E-state index in [1.807, 2.05) is 13.1 Å². The standard InChI is InChI=1S/C10H11N3O2.C2HF3O2/c1-3-15-10(14)8-5-4-6-13-7(2)11-12-9(8)13;3-2(4,5)1(6)7/h4-6H,3H2,1-2H3;(H,6,7). The van der Waals surface area contributed by atoms with Gasteiger partial charge in [0.2, 0.25) is 0 Å². The molecule has 0 aromatic carbocycles. The molecule has 0 saturated carbocycles. The highest BCUT2D eigenvalue weighted by Gasteiger charge is 2.38. The van der Waals surface area contributed by atoms with E-state index in [0.717, 1.165) is 5.82 Å². The van der Waals surface area contributed by atoms with Crippen molar-refractivity contribution in [3.05, 3.63) is 29.7 Å². The van der Waals surface area contributed by atoms with E-state index in [2.05, 4.69) is 10.2 Å². The number of rotatable bonds is 2. The van der Waals surface area contributed by atoms with Gasteiger partial charge in [-0.05, 0) is 26.0 Å². The topological polar surface area (TPSA) is 93.8 Å². The third-order valence-electron chi connectivity index (χ3n) is 2.34. The molecule has 2 heterocycles. The molecule has 0 radical (unpaired) electrons. The first-order chi connectivity index (χ1) is 10.2. The fourth-order valence-electron chi connectivity index (χ4n) is 1.40. The SMILES string of the molecule is CCOC(=O)c1cccn2c(C)nnc12.O=C(O)C(F)(F)F. The van der Waals surface area contributed by atoms with Gasteiger partial charge in [-0.25, -0.2) is 9.59 Å². The van der Waals surface area contributed by atoms with Crippen LogP contribution >= 0.6 is 0 Å². The van der Waals surface area contributed by atoms with Crippen LogP contribution < -0.4 is 0 Å². The summed E-state index contributed by atoms with van der Waals surface area (Å²) in [7, 11) is 0. The van der Waals surface area contributed by atoms with Crippen LogP contribution in [0.15, 0.2) is 18.3 Å². The molecule has 120 valence electrons. The molecule has 10 heteroatoms. The zero-order chi connectivity index (χ0) is 16.9. The number of carboxylic acids is 1. The molecule has 1 N–H and O–H groups in total. The van der Waals surface area contributed by atoms with Crippen LogP contribution in [0.2, 0.25) is 0 Å². The van der Waals surface area contributed by atoms with Gasteiger partial charge in [-0.3, -0.25) is 4.40 Å². The van der Waals surface area contributed by atoms with Crippen molar-refractivity contribution in [1.29, 1.82) is 0 Å². The van der Waals surface area contributed by atoms with Crippen molar-refractivity contribution >= 4 is 17.6 Å². The van der Waals surface area contributed by atoms with Gasteiger partial charge in [0.05, 0.1) is 6.61 Å². The lowest BCUT2D eigenvalue weighted by Gasteiger charge is -2.02. The Labute approximate surface area is 122 Å². The van der Waals surface area contributed by atoms with E-state index in [4.69, 9.17) is 14.6 Å². The molecule has 0 aliphatic rings. The molecular weight excluding hydrogens is 307 g/mol. The molecular formula is C12H12F3N3O4. The minimum absolute atomic E-state index is 0.354. The van der Waals surface area contributed by atoms with E-state index >= 15 is 0 Å². The molecule has 7 nitrogen and oxygen atoms in total. The second-order valence-corrected chi connectivity index (χ2v) is 3.89. The number of carbonyl (C=O) groups excluding carboxylic acids is 1. The van der Waals surface area contributed by atoms with Gasteiger partial charge in [-0.1, -0.05) is 0 Å². The van der Waals surface area contributed by atoms with Crippen LogP contribution in [0.3, 0.4) is 0 Å². The average molecular weight is 319 g/mol. The minimum atomic E-state index is -5.08. The first-order valence-electron chi connectivity index (χ1n) is 5.96. The molecule has 0 aliphatic heterocycles. The first kappa shape index (κ1) is 17.4. The maximum atomic E-state index is 11.6. The summed E-state index contributed by atoms with van der Waals surface area (Å²) in [5.74, 6) is -2.38. The molecule has 2 rings (SSSR count). The Morgan fingerprint density at radius 3 is 2.45 bits per heavy atom. The number of pyridine rings is 1. The number of esters is 1. The third kappa shape index (κ3) is 4.17. The van der Waals surface area contributed by atoms with Gasteiger partial charge in [0.15, 0.2) is 5.65 Å². The van der Waals surface area contributed by atoms with Gasteiger partial charge in [0.1, 0.15) is 11.4 Å². The smallest absolute Gasteiger partial charge is 0.475 e. The molecule has 0 saturated heterocycles. The Balaban J connectivity index is 0.000000295. The van der Waals surface area contributed by atoms with Gasteiger partial charge in [0, 0.05) is 6.20 Å². The second-order valence-electron chi connectivity index (χ2n) is 3.89. The number of fused-ring (bicyclic) bond motifs is 1. The molecule has 0 aliphatic carbocycles. The summed E-state index contributed by atoms with van der Waals surface area (Å²) in [6.45, 7) is 3.95. The number of nitrogens with zero attached hydrogens (tertiary/aromatic N) is 3. The summed E-state index contributed by atoms with van der Waals surface area (Å²) in [5.41, 5.74) is 0.980. The highest BCUT2D eigenvalue weighted by Crippen LogP contribution is 2.13. The minimum Gasteiger partial charge on any atom is -0.475 e. The predicted molar refractivity (Wildman–Crippen MR) is 67.4 cm³/mol. The molecule has 0 amide bonds. The number of aliphatic carboxylic acids is 1. The molecule has 2 aromatic rings. The fraction of sp³-hybridized carbons (Fsp3) is 0.333. The van der Waals surface area contributed by atoms with Crippen LogP contribution in [0.4, 0.5) is 13.2 Å². The fourth-order valence-corrected chi connectivity index (χ4v) is 1.40. The number of aryl methyl sites for hydroxylation is 1. The van der Waals surface area contributed by atoms with Crippen molar-refractivity contribution < 1.29 is 32.6 Å². The van der Waals surface area contributed by atoms with Crippen molar-refractivity contribution in [2.45, 2.75) is 20.0 Å². The molecule has 0 bridgehead atoms. The number of halogens is 3. The van der Waals surface area contributed by atoms with Gasteiger partial charge < -0.3 is 9.84 Å². The number of hydrogen-bond acceptors (Lipinski definition) is 5. The molecule has 0 atom stereocenters. The number of alkyl halides is 3. The highest BCUT2D eigenvalue weighted by atomic mass is 19.4. The van der Waals surface area contributed by atoms with Crippen molar-refractivity contribution in [2.75, 3.05) is 6.61 Å². The van der Waals surface area contributed by atoms with Gasteiger partial charge in [0.25, 0.3) is 0 Å². The number of carboxylic acid groups (broad SMARTS) is 1. The van der Waals surface area contributed by atoms with Crippen molar-refractivity contribution in [3.63, 3.8) is 0 Å². The Hall–Kier alpha value is -2.65. The molecule has 0 fully saturated rings. The Kier molecular flexibility index (Phi) is 5.44. The van der Waals surface area contributed by atoms with Gasteiger partial charge in [-0.15, -0.1) is 10.2 Å². The molecule has 0 unspecified atom stereocenters. The Morgan fingerprint density at radius 1 is 1.36 bits per heavy atom. The lowest BCUT2D eigenvalue weighted by molar-refractivity contribution is -0.192. The van der Waals surface area contributed by atoms with E-state index in [-0.39, 0.29) is 5.97 Å². The first-order valence-corrected chi connectivity index (χ1v) is 5.96. The maximum absolute atomic E-state index is 11.6. The molecule has 2 aromatic heterocycles. The van der Waals surface area contributed by atoms with E-state index in [0.29, 0.717) is 17.8 Å². The number of hydrogen-bond donors (Lipinski definition) is 1. The summed E-state index contributed by atoms with van der Waals surface area (Å²) < 4.78 is 38.4. The average Bonchev–Trinajstić information content (AvgIpc) is 2.80. The van der Waals surface area contributed by atoms with Crippen molar-refractivity contribution in [3.8, 4) is 0 Å². The largest absolute Gasteiger partial charge is 0.490 e. The van der Waals surface area contributed by atoms with Crippen molar-refractivity contribution in [1.82, 2.24) is 14.6 Å². The Bertz CT molecular complexity index is 682. The lowest BCUT2D eigenvalue weighted by atomic mass is 10.3. The quantitative estimate of drug-likeness (QED) is 0.849. The molecule has 22 heavy (non-hydrogen) atoms. The predicted octanol–water partition coefficient (Wildman–Crippen LogP) is 1.85. The number of carbonyl (C=O) groups is 2. The zero-order valence-corrected chi connectivity index (χ0v) is 11.6. The monoisotopic (exact) mass is 319 g/mol. The van der Waals surface area contributed by atoms with E-state index in [1.54, 1.807) is 23.5 Å². The van der Waals surface area contributed by atoms with Gasteiger partial charge >= 0.3 is 18.1 Å². The van der Waals surface area contributed by atoms with Crippen LogP contribution in [-0.2, 0) is 9.53 Å². The lowest BCUT2D eigenvalue weighted by Crippen LogP contribution is -2.21. The van der Waals surface area contributed by atoms with Crippen LogP contribution in [0, 0.1) is 6.92 Å². The summed E-state index contributed by atoms with van der Waals surface area (Å²) >= 11 is 0. The van der Waals surface area contributed by atoms with Crippen molar-refractivity contribution in [2.24, 2.45) is 0 Å². The summed E-state index contributed by atoms with van der Waals surface area (Å²) in [6.07, 6.45) is -3.27. The summed E-state index contributed by atoms with van der Waals surface area (Å²) in [5, 5.41) is 15.0. The van der Waals surface area contributed by atoms with Crippen LogP contribution in [-0.4, -0.2) is 44.4 Å². The third-order valence-corrected chi connectivity index (χ3v) is 2.34. The number of aromatic nitrogens is 3. The van der Waals surface area contributed by atoms with E-state index < -0.39 is 12.1 Å². The van der Waals surface area contributed by atoms with E-state index in [9.17, 15) is 18.0 Å².